The van der Waals surface area contributed by atoms with Gasteiger partial charge in [-0.05, 0) is 31.9 Å². The Morgan fingerprint density at radius 1 is 1.55 bits per heavy atom. The summed E-state index contributed by atoms with van der Waals surface area (Å²) in [5, 5.41) is 13.6. The quantitative estimate of drug-likeness (QED) is 0.363. The minimum Gasteiger partial charge on any atom is -0.490 e. The molecule has 0 radical (unpaired) electrons. The van der Waals surface area contributed by atoms with Gasteiger partial charge in [-0.1, -0.05) is 0 Å². The van der Waals surface area contributed by atoms with Gasteiger partial charge in [0, 0.05) is 23.6 Å². The van der Waals surface area contributed by atoms with Crippen molar-refractivity contribution in [2.75, 3.05) is 13.7 Å². The van der Waals surface area contributed by atoms with E-state index in [1.54, 1.807) is 0 Å². The predicted octanol–water partition coefficient (Wildman–Crippen LogP) is 2.74. The summed E-state index contributed by atoms with van der Waals surface area (Å²) in [6, 6.07) is 4.11. The minimum absolute atomic E-state index is 0.0639. The van der Waals surface area contributed by atoms with E-state index in [9.17, 15) is 14.9 Å². The van der Waals surface area contributed by atoms with Crippen LogP contribution in [-0.4, -0.2) is 29.9 Å². The molecule has 0 aliphatic carbocycles. The van der Waals surface area contributed by atoms with Gasteiger partial charge in [0.15, 0.2) is 5.75 Å². The van der Waals surface area contributed by atoms with Crippen molar-refractivity contribution in [2.24, 2.45) is 0 Å². The molecule has 0 aliphatic rings. The van der Waals surface area contributed by atoms with Gasteiger partial charge in [-0.15, -0.1) is 11.6 Å². The molecule has 0 aliphatic heterocycles. The van der Waals surface area contributed by atoms with Gasteiger partial charge >= 0.3 is 5.69 Å². The van der Waals surface area contributed by atoms with Crippen LogP contribution in [0.1, 0.15) is 30.1 Å². The van der Waals surface area contributed by atoms with Crippen molar-refractivity contribution in [1.82, 2.24) is 5.32 Å². The summed E-state index contributed by atoms with van der Waals surface area (Å²) in [7, 11) is 1.34. The van der Waals surface area contributed by atoms with Crippen LogP contribution in [0.25, 0.3) is 0 Å². The number of amides is 1. The van der Waals surface area contributed by atoms with E-state index in [0.29, 0.717) is 6.54 Å². The fraction of sp³-hybridized carbons (Fsp3) is 0.462. The molecule has 110 valence electrons. The molecule has 7 heteroatoms. The van der Waals surface area contributed by atoms with Gasteiger partial charge in [0.1, 0.15) is 0 Å². The Balaban J connectivity index is 2.69. The molecule has 1 N–H and O–H groups in total. The van der Waals surface area contributed by atoms with E-state index >= 15 is 0 Å². The van der Waals surface area contributed by atoms with Crippen LogP contribution >= 0.6 is 11.6 Å². The standard InChI is InChI=1S/C13H17ClN2O4/c1-9(14)4-3-7-15-13(17)10-5-6-12(20-2)11(8-10)16(18)19/h5-6,8-9H,3-4,7H2,1-2H3,(H,15,17). The Labute approximate surface area is 122 Å². The van der Waals surface area contributed by atoms with E-state index in [0.717, 1.165) is 12.8 Å². The molecule has 0 bridgehead atoms. The molecule has 1 amide bonds. The number of rotatable bonds is 7. The summed E-state index contributed by atoms with van der Waals surface area (Å²) in [4.78, 5) is 22.1. The van der Waals surface area contributed by atoms with Crippen molar-refractivity contribution in [2.45, 2.75) is 25.1 Å². The van der Waals surface area contributed by atoms with E-state index in [1.165, 1.54) is 25.3 Å². The summed E-state index contributed by atoms with van der Waals surface area (Å²) >= 11 is 5.80. The number of methoxy groups -OCH3 is 1. The Morgan fingerprint density at radius 3 is 2.80 bits per heavy atom. The highest BCUT2D eigenvalue weighted by molar-refractivity contribution is 6.20. The molecule has 20 heavy (non-hydrogen) atoms. The largest absolute Gasteiger partial charge is 0.490 e. The smallest absolute Gasteiger partial charge is 0.311 e. The van der Waals surface area contributed by atoms with Gasteiger partial charge in [0.05, 0.1) is 12.0 Å². The molecule has 0 saturated heterocycles. The number of carbonyl (C=O) groups excluding carboxylic acids is 1. The third kappa shape index (κ3) is 4.70. The van der Waals surface area contributed by atoms with E-state index in [1.807, 2.05) is 6.92 Å². The maximum absolute atomic E-state index is 11.9. The zero-order chi connectivity index (χ0) is 15.1. The van der Waals surface area contributed by atoms with Crippen molar-refractivity contribution >= 4 is 23.2 Å². The second-order valence-electron chi connectivity index (χ2n) is 4.32. The fourth-order valence-corrected chi connectivity index (χ4v) is 1.82. The van der Waals surface area contributed by atoms with Gasteiger partial charge in [0.25, 0.3) is 5.91 Å². The van der Waals surface area contributed by atoms with Crippen LogP contribution in [0.5, 0.6) is 5.75 Å². The van der Waals surface area contributed by atoms with Crippen LogP contribution in [0.3, 0.4) is 0 Å². The minimum atomic E-state index is -0.579. The lowest BCUT2D eigenvalue weighted by Crippen LogP contribution is -2.24. The zero-order valence-electron chi connectivity index (χ0n) is 11.4. The predicted molar refractivity (Wildman–Crippen MR) is 76.5 cm³/mol. The number of halogens is 1. The molecular weight excluding hydrogens is 284 g/mol. The number of nitrogens with zero attached hydrogens (tertiary/aromatic N) is 1. The Kier molecular flexibility index (Phi) is 6.24. The number of hydrogen-bond donors (Lipinski definition) is 1. The third-order valence-electron chi connectivity index (χ3n) is 2.70. The van der Waals surface area contributed by atoms with E-state index in [2.05, 4.69) is 5.32 Å². The second-order valence-corrected chi connectivity index (χ2v) is 5.07. The van der Waals surface area contributed by atoms with Crippen LogP contribution in [0.15, 0.2) is 18.2 Å². The summed E-state index contributed by atoms with van der Waals surface area (Å²) in [6.07, 6.45) is 1.55. The first-order valence-corrected chi connectivity index (χ1v) is 6.64. The molecule has 1 aromatic rings. The molecule has 0 heterocycles. The van der Waals surface area contributed by atoms with E-state index in [4.69, 9.17) is 16.3 Å². The van der Waals surface area contributed by atoms with Crippen LogP contribution in [0.4, 0.5) is 5.69 Å². The van der Waals surface area contributed by atoms with Crippen LogP contribution in [-0.2, 0) is 0 Å². The van der Waals surface area contributed by atoms with Crippen molar-refractivity contribution in [1.29, 1.82) is 0 Å². The third-order valence-corrected chi connectivity index (χ3v) is 2.92. The number of nitrogens with one attached hydrogen (secondary N) is 1. The topological polar surface area (TPSA) is 81.5 Å². The summed E-state index contributed by atoms with van der Waals surface area (Å²) in [5.41, 5.74) is 0.00551. The first kappa shape index (κ1) is 16.2. The number of alkyl halides is 1. The van der Waals surface area contributed by atoms with E-state index in [-0.39, 0.29) is 28.3 Å². The second kappa shape index (κ2) is 7.69. The molecule has 1 unspecified atom stereocenters. The summed E-state index contributed by atoms with van der Waals surface area (Å²) in [5.74, 6) is -0.222. The molecule has 0 saturated carbocycles. The summed E-state index contributed by atoms with van der Waals surface area (Å²) in [6.45, 7) is 2.37. The Bertz CT molecular complexity index is 491. The highest BCUT2D eigenvalue weighted by atomic mass is 35.5. The van der Waals surface area contributed by atoms with E-state index < -0.39 is 4.92 Å². The van der Waals surface area contributed by atoms with Gasteiger partial charge in [0.2, 0.25) is 0 Å². The number of hydrogen-bond acceptors (Lipinski definition) is 4. The number of ether oxygens (including phenoxy) is 1. The Hall–Kier alpha value is -1.82. The van der Waals surface area contributed by atoms with Crippen molar-refractivity contribution < 1.29 is 14.5 Å². The molecule has 0 fully saturated rings. The maximum atomic E-state index is 11.9. The van der Waals surface area contributed by atoms with Crippen LogP contribution in [0.2, 0.25) is 0 Å². The van der Waals surface area contributed by atoms with Gasteiger partial charge in [-0.2, -0.15) is 0 Å². The number of nitro groups is 1. The molecule has 1 aromatic carbocycles. The summed E-state index contributed by atoms with van der Waals surface area (Å²) < 4.78 is 4.88. The molecule has 6 nitrogen and oxygen atoms in total. The SMILES string of the molecule is COc1ccc(C(=O)NCCCC(C)Cl)cc1[N+](=O)[O-]. The van der Waals surface area contributed by atoms with Crippen molar-refractivity contribution in [3.63, 3.8) is 0 Å². The lowest BCUT2D eigenvalue weighted by atomic mass is 10.1. The molecule has 0 spiro atoms. The monoisotopic (exact) mass is 300 g/mol. The van der Waals surface area contributed by atoms with Crippen LogP contribution < -0.4 is 10.1 Å². The Morgan fingerprint density at radius 2 is 2.25 bits per heavy atom. The van der Waals surface area contributed by atoms with Gasteiger partial charge in [-0.25, -0.2) is 0 Å². The fourth-order valence-electron chi connectivity index (χ4n) is 1.66. The zero-order valence-corrected chi connectivity index (χ0v) is 12.1. The number of carbonyl (C=O) groups is 1. The number of nitro benzene ring substituents is 1. The maximum Gasteiger partial charge on any atom is 0.311 e. The van der Waals surface area contributed by atoms with Crippen molar-refractivity contribution in [3.8, 4) is 5.75 Å². The molecule has 1 rings (SSSR count). The van der Waals surface area contributed by atoms with Crippen LogP contribution in [0, 0.1) is 10.1 Å². The van der Waals surface area contributed by atoms with Crippen molar-refractivity contribution in [3.05, 3.63) is 33.9 Å². The average molecular weight is 301 g/mol. The first-order chi connectivity index (χ1) is 9.45. The molecular formula is C13H17ClN2O4. The molecule has 0 aromatic heterocycles. The molecule has 1 atom stereocenters. The lowest BCUT2D eigenvalue weighted by molar-refractivity contribution is -0.385. The average Bonchev–Trinajstić information content (AvgIpc) is 2.42. The lowest BCUT2D eigenvalue weighted by Gasteiger charge is -2.07. The van der Waals surface area contributed by atoms with Gasteiger partial charge < -0.3 is 10.1 Å². The first-order valence-electron chi connectivity index (χ1n) is 6.20. The van der Waals surface area contributed by atoms with Gasteiger partial charge in [-0.3, -0.25) is 14.9 Å². The highest BCUT2D eigenvalue weighted by Gasteiger charge is 2.17. The highest BCUT2D eigenvalue weighted by Crippen LogP contribution is 2.27. The number of benzene rings is 1. The normalized spacial score (nSPS) is 11.8.